The van der Waals surface area contributed by atoms with Crippen molar-refractivity contribution in [2.45, 2.75) is 0 Å². The van der Waals surface area contributed by atoms with Crippen LogP contribution in [0.5, 0.6) is 5.75 Å². The van der Waals surface area contributed by atoms with Crippen molar-refractivity contribution in [3.05, 3.63) is 81.3 Å². The van der Waals surface area contributed by atoms with Crippen LogP contribution in [0.2, 0.25) is 15.1 Å². The number of fused-ring (bicyclic) bond motifs is 1. The average molecular weight is 418 g/mol. The molecule has 1 amide bonds. The molecule has 1 aliphatic rings. The van der Waals surface area contributed by atoms with Crippen LogP contribution in [0.1, 0.15) is 5.56 Å². The van der Waals surface area contributed by atoms with E-state index in [0.29, 0.717) is 37.7 Å². The van der Waals surface area contributed by atoms with Crippen molar-refractivity contribution in [2.24, 2.45) is 4.99 Å². The van der Waals surface area contributed by atoms with Crippen LogP contribution in [0.3, 0.4) is 0 Å². The predicted octanol–water partition coefficient (Wildman–Crippen LogP) is 6.15. The van der Waals surface area contributed by atoms with Crippen LogP contribution in [0.4, 0.5) is 17.1 Å². The van der Waals surface area contributed by atoms with E-state index < -0.39 is 0 Å². The maximum Gasteiger partial charge on any atom is 0.282 e. The first-order valence-electron chi connectivity index (χ1n) is 7.90. The first-order chi connectivity index (χ1) is 12.9. The molecular formula is C20H11Cl3N2O2. The Balaban J connectivity index is 1.88. The number of rotatable bonds is 2. The van der Waals surface area contributed by atoms with Crippen LogP contribution in [0.25, 0.3) is 0 Å². The number of carbonyl (C=O) groups is 1. The van der Waals surface area contributed by atoms with Gasteiger partial charge in [-0.15, -0.1) is 0 Å². The molecule has 1 N–H and O–H groups in total. The maximum absolute atomic E-state index is 13.2. The average Bonchev–Trinajstić information content (AvgIpc) is 2.87. The highest BCUT2D eigenvalue weighted by atomic mass is 35.5. The number of amides is 1. The molecule has 0 atom stereocenters. The molecule has 0 aromatic heterocycles. The van der Waals surface area contributed by atoms with Gasteiger partial charge in [-0.1, -0.05) is 34.8 Å². The van der Waals surface area contributed by atoms with Crippen LogP contribution in [-0.2, 0) is 4.79 Å². The quantitative estimate of drug-likeness (QED) is 0.543. The summed E-state index contributed by atoms with van der Waals surface area (Å²) in [5.41, 5.74) is 2.57. The van der Waals surface area contributed by atoms with Gasteiger partial charge in [0.05, 0.1) is 11.4 Å². The largest absolute Gasteiger partial charge is 0.508 e. The van der Waals surface area contributed by atoms with Crippen molar-refractivity contribution >= 4 is 63.5 Å². The van der Waals surface area contributed by atoms with Crippen LogP contribution in [0.15, 0.2) is 65.7 Å². The fourth-order valence-corrected chi connectivity index (χ4v) is 3.61. The lowest BCUT2D eigenvalue weighted by Gasteiger charge is -2.17. The van der Waals surface area contributed by atoms with Crippen molar-refractivity contribution in [1.82, 2.24) is 0 Å². The van der Waals surface area contributed by atoms with Gasteiger partial charge in [0.2, 0.25) is 0 Å². The summed E-state index contributed by atoms with van der Waals surface area (Å²) in [5.74, 6) is -0.196. The highest BCUT2D eigenvalue weighted by Crippen LogP contribution is 2.38. The lowest BCUT2D eigenvalue weighted by molar-refractivity contribution is -0.111. The van der Waals surface area contributed by atoms with Gasteiger partial charge in [-0.3, -0.25) is 9.69 Å². The summed E-state index contributed by atoms with van der Waals surface area (Å²) in [7, 11) is 0. The molecule has 4 nitrogen and oxygen atoms in total. The fraction of sp³-hybridized carbons (Fsp3) is 0. The first-order valence-corrected chi connectivity index (χ1v) is 9.04. The van der Waals surface area contributed by atoms with Crippen LogP contribution < -0.4 is 4.90 Å². The second-order valence-corrected chi connectivity index (χ2v) is 7.22. The van der Waals surface area contributed by atoms with E-state index in [1.54, 1.807) is 48.5 Å². The van der Waals surface area contributed by atoms with Gasteiger partial charge in [0.25, 0.3) is 5.91 Å². The number of phenols is 1. The summed E-state index contributed by atoms with van der Waals surface area (Å²) >= 11 is 18.2. The smallest absolute Gasteiger partial charge is 0.282 e. The molecule has 0 spiro atoms. The Kier molecular flexibility index (Phi) is 4.56. The number of aromatic hydroxyl groups is 1. The van der Waals surface area contributed by atoms with Gasteiger partial charge in [0.15, 0.2) is 0 Å². The Bertz CT molecular complexity index is 1070. The lowest BCUT2D eigenvalue weighted by Crippen LogP contribution is -2.25. The molecule has 3 aromatic carbocycles. The second kappa shape index (κ2) is 6.89. The highest BCUT2D eigenvalue weighted by Gasteiger charge is 2.35. The molecule has 0 radical (unpaired) electrons. The molecule has 0 bridgehead atoms. The SMILES string of the molecule is O=C1/C(=N\c2cc(Cl)cc(Cl)c2)c2cc(Cl)ccc2N1c1ccc(O)cc1. The number of hydrogen-bond donors (Lipinski definition) is 1. The predicted molar refractivity (Wildman–Crippen MR) is 109 cm³/mol. The summed E-state index contributed by atoms with van der Waals surface area (Å²) in [6.45, 7) is 0. The van der Waals surface area contributed by atoms with Crippen molar-refractivity contribution in [3.63, 3.8) is 0 Å². The topological polar surface area (TPSA) is 52.9 Å². The third-order valence-corrected chi connectivity index (χ3v) is 4.73. The Hall–Kier alpha value is -2.53. The van der Waals surface area contributed by atoms with Crippen molar-refractivity contribution in [3.8, 4) is 5.75 Å². The summed E-state index contributed by atoms with van der Waals surface area (Å²) in [4.78, 5) is 19.2. The van der Waals surface area contributed by atoms with E-state index in [9.17, 15) is 9.90 Å². The molecule has 0 aliphatic carbocycles. The van der Waals surface area contributed by atoms with Crippen molar-refractivity contribution in [2.75, 3.05) is 4.90 Å². The maximum atomic E-state index is 13.2. The summed E-state index contributed by atoms with van der Waals surface area (Å²) in [6.07, 6.45) is 0. The molecule has 0 saturated heterocycles. The summed E-state index contributed by atoms with van der Waals surface area (Å²) < 4.78 is 0. The Labute approximate surface area is 170 Å². The minimum atomic E-state index is -0.311. The third kappa shape index (κ3) is 3.39. The standard InChI is InChI=1S/C20H11Cl3N2O2/c21-11-1-6-18-17(10-11)19(24-14-8-12(22)7-13(23)9-14)20(27)25(18)15-2-4-16(26)5-3-15/h1-10,26H/b24-19-. The number of phenolic OH excluding ortho intramolecular Hbond substituents is 1. The number of aliphatic imine (C=N–C) groups is 1. The zero-order valence-corrected chi connectivity index (χ0v) is 15.9. The molecule has 4 rings (SSSR count). The monoisotopic (exact) mass is 416 g/mol. The zero-order chi connectivity index (χ0) is 19.1. The minimum absolute atomic E-state index is 0.115. The number of carbonyl (C=O) groups excluding carboxylic acids is 1. The van der Waals surface area contributed by atoms with Gasteiger partial charge in [-0.05, 0) is 60.7 Å². The molecular weight excluding hydrogens is 407 g/mol. The Morgan fingerprint density at radius 2 is 1.48 bits per heavy atom. The van der Waals surface area contributed by atoms with E-state index in [2.05, 4.69) is 4.99 Å². The second-order valence-electron chi connectivity index (χ2n) is 5.91. The summed E-state index contributed by atoms with van der Waals surface area (Å²) in [6, 6.07) is 16.4. The van der Waals surface area contributed by atoms with E-state index >= 15 is 0 Å². The minimum Gasteiger partial charge on any atom is -0.508 e. The number of benzene rings is 3. The van der Waals surface area contributed by atoms with Crippen LogP contribution in [0, 0.1) is 0 Å². The van der Waals surface area contributed by atoms with E-state index in [1.807, 2.05) is 0 Å². The Morgan fingerprint density at radius 3 is 2.15 bits per heavy atom. The lowest BCUT2D eigenvalue weighted by atomic mass is 10.1. The molecule has 0 saturated carbocycles. The number of halogens is 3. The molecule has 1 aliphatic heterocycles. The summed E-state index contributed by atoms with van der Waals surface area (Å²) in [5, 5.41) is 10.9. The molecule has 7 heteroatoms. The van der Waals surface area contributed by atoms with E-state index in [0.717, 1.165) is 0 Å². The third-order valence-electron chi connectivity index (χ3n) is 4.06. The normalized spacial score (nSPS) is 14.7. The molecule has 27 heavy (non-hydrogen) atoms. The zero-order valence-electron chi connectivity index (χ0n) is 13.7. The van der Waals surface area contributed by atoms with Crippen LogP contribution in [-0.4, -0.2) is 16.7 Å². The van der Waals surface area contributed by atoms with Gasteiger partial charge in [-0.25, -0.2) is 4.99 Å². The van der Waals surface area contributed by atoms with E-state index in [1.165, 1.54) is 17.0 Å². The van der Waals surface area contributed by atoms with Gasteiger partial charge in [-0.2, -0.15) is 0 Å². The molecule has 0 unspecified atom stereocenters. The molecule has 0 fully saturated rings. The van der Waals surface area contributed by atoms with Gasteiger partial charge in [0, 0.05) is 26.3 Å². The van der Waals surface area contributed by atoms with Gasteiger partial charge in [0.1, 0.15) is 11.5 Å². The molecule has 134 valence electrons. The number of anilines is 2. The number of nitrogens with zero attached hydrogens (tertiary/aromatic N) is 2. The fourth-order valence-electron chi connectivity index (χ4n) is 2.92. The van der Waals surface area contributed by atoms with Crippen molar-refractivity contribution < 1.29 is 9.90 Å². The van der Waals surface area contributed by atoms with Gasteiger partial charge < -0.3 is 5.11 Å². The molecule has 1 heterocycles. The Morgan fingerprint density at radius 1 is 0.815 bits per heavy atom. The number of hydrogen-bond acceptors (Lipinski definition) is 3. The van der Waals surface area contributed by atoms with E-state index in [4.69, 9.17) is 34.8 Å². The molecule has 3 aromatic rings. The van der Waals surface area contributed by atoms with E-state index in [-0.39, 0.29) is 17.4 Å². The van der Waals surface area contributed by atoms with Crippen molar-refractivity contribution in [1.29, 1.82) is 0 Å². The highest BCUT2D eigenvalue weighted by molar-refractivity contribution is 6.56. The van der Waals surface area contributed by atoms with Gasteiger partial charge >= 0.3 is 0 Å². The van der Waals surface area contributed by atoms with Crippen LogP contribution >= 0.6 is 34.8 Å². The first kappa shape index (κ1) is 17.9.